The van der Waals surface area contributed by atoms with Crippen LogP contribution < -0.4 is 5.32 Å². The van der Waals surface area contributed by atoms with Gasteiger partial charge in [-0.2, -0.15) is 5.26 Å². The lowest BCUT2D eigenvalue weighted by molar-refractivity contribution is -0.141. The van der Waals surface area contributed by atoms with Crippen LogP contribution in [0.15, 0.2) is 6.07 Å². The molecule has 1 fully saturated rings. The number of nitrogens with zero attached hydrogens (tertiary/aromatic N) is 3. The van der Waals surface area contributed by atoms with Crippen molar-refractivity contribution in [3.8, 4) is 6.07 Å². The van der Waals surface area contributed by atoms with Crippen LogP contribution in [0.1, 0.15) is 11.4 Å². The molecule has 1 aromatic rings. The lowest BCUT2D eigenvalue weighted by Crippen LogP contribution is -2.33. The van der Waals surface area contributed by atoms with E-state index in [1.54, 1.807) is 13.0 Å². The Kier molecular flexibility index (Phi) is 3.39. The molecule has 2 heterocycles. The lowest BCUT2D eigenvalue weighted by Gasteiger charge is -2.15. The van der Waals surface area contributed by atoms with Crippen molar-refractivity contribution in [3.63, 3.8) is 0 Å². The minimum absolute atomic E-state index is 0.171. The zero-order valence-electron chi connectivity index (χ0n) is 9.75. The summed E-state index contributed by atoms with van der Waals surface area (Å²) >= 11 is 0. The molecule has 0 amide bonds. The second kappa shape index (κ2) is 4.98. The van der Waals surface area contributed by atoms with Crippen LogP contribution in [-0.2, 0) is 9.53 Å². The molecule has 0 saturated carbocycles. The maximum absolute atomic E-state index is 11.0. The van der Waals surface area contributed by atoms with Crippen molar-refractivity contribution in [3.05, 3.63) is 17.5 Å². The van der Waals surface area contributed by atoms with Crippen LogP contribution in [-0.4, -0.2) is 40.3 Å². The molecular weight excluding hydrogens is 236 g/mol. The molecule has 0 aliphatic carbocycles. The first kappa shape index (κ1) is 12.3. The fourth-order valence-corrected chi connectivity index (χ4v) is 1.80. The number of aromatic nitrogens is 2. The largest absolute Gasteiger partial charge is 0.481 e. The number of nitrogens with one attached hydrogen (secondary N) is 1. The van der Waals surface area contributed by atoms with Crippen molar-refractivity contribution >= 4 is 11.9 Å². The molecule has 0 bridgehead atoms. The first-order valence-electron chi connectivity index (χ1n) is 5.43. The van der Waals surface area contributed by atoms with Crippen molar-refractivity contribution in [2.24, 2.45) is 5.92 Å². The van der Waals surface area contributed by atoms with E-state index in [0.29, 0.717) is 5.69 Å². The summed E-state index contributed by atoms with van der Waals surface area (Å²) in [6.07, 6.45) is 0. The monoisotopic (exact) mass is 248 g/mol. The molecule has 2 unspecified atom stereocenters. The van der Waals surface area contributed by atoms with E-state index in [-0.39, 0.29) is 30.9 Å². The van der Waals surface area contributed by atoms with Gasteiger partial charge in [-0.25, -0.2) is 9.97 Å². The molecule has 94 valence electrons. The van der Waals surface area contributed by atoms with E-state index in [1.807, 2.05) is 6.07 Å². The summed E-state index contributed by atoms with van der Waals surface area (Å²) < 4.78 is 5.13. The van der Waals surface area contributed by atoms with Gasteiger partial charge in [0.05, 0.1) is 19.3 Å². The molecule has 0 aromatic carbocycles. The third kappa shape index (κ3) is 2.55. The van der Waals surface area contributed by atoms with Crippen LogP contribution in [0.5, 0.6) is 0 Å². The smallest absolute Gasteiger partial charge is 0.311 e. The maximum Gasteiger partial charge on any atom is 0.311 e. The highest BCUT2D eigenvalue weighted by atomic mass is 16.5. The summed E-state index contributed by atoms with van der Waals surface area (Å²) in [4.78, 5) is 19.1. The van der Waals surface area contributed by atoms with Crippen molar-refractivity contribution in [2.75, 3.05) is 18.5 Å². The number of carbonyl (C=O) groups is 1. The Morgan fingerprint density at radius 1 is 1.61 bits per heavy atom. The van der Waals surface area contributed by atoms with Crippen molar-refractivity contribution < 1.29 is 14.6 Å². The number of carboxylic acids is 1. The summed E-state index contributed by atoms with van der Waals surface area (Å²) in [7, 11) is 0. The van der Waals surface area contributed by atoms with Gasteiger partial charge in [0.1, 0.15) is 17.7 Å². The average Bonchev–Trinajstić information content (AvgIpc) is 2.76. The van der Waals surface area contributed by atoms with E-state index in [1.165, 1.54) is 0 Å². The fourth-order valence-electron chi connectivity index (χ4n) is 1.80. The highest BCUT2D eigenvalue weighted by molar-refractivity contribution is 5.72. The van der Waals surface area contributed by atoms with Gasteiger partial charge in [-0.05, 0) is 13.0 Å². The summed E-state index contributed by atoms with van der Waals surface area (Å²) in [6.45, 7) is 2.20. The Morgan fingerprint density at radius 2 is 2.39 bits per heavy atom. The van der Waals surface area contributed by atoms with Crippen LogP contribution in [0, 0.1) is 24.2 Å². The number of anilines is 1. The molecule has 7 heteroatoms. The molecule has 18 heavy (non-hydrogen) atoms. The molecule has 2 atom stereocenters. The highest BCUT2D eigenvalue weighted by Crippen LogP contribution is 2.17. The Morgan fingerprint density at radius 3 is 3.06 bits per heavy atom. The van der Waals surface area contributed by atoms with E-state index in [2.05, 4.69) is 15.3 Å². The predicted molar refractivity (Wildman–Crippen MR) is 60.8 cm³/mol. The van der Waals surface area contributed by atoms with Crippen LogP contribution >= 0.6 is 0 Å². The molecule has 7 nitrogen and oxygen atoms in total. The van der Waals surface area contributed by atoms with Crippen LogP contribution in [0.2, 0.25) is 0 Å². The van der Waals surface area contributed by atoms with E-state index < -0.39 is 11.9 Å². The minimum atomic E-state index is -0.918. The fraction of sp³-hybridized carbons (Fsp3) is 0.455. The van der Waals surface area contributed by atoms with Crippen LogP contribution in [0.3, 0.4) is 0 Å². The van der Waals surface area contributed by atoms with Gasteiger partial charge < -0.3 is 15.2 Å². The Labute approximate surface area is 103 Å². The quantitative estimate of drug-likeness (QED) is 0.784. The van der Waals surface area contributed by atoms with Gasteiger partial charge in [-0.1, -0.05) is 0 Å². The third-order valence-corrected chi connectivity index (χ3v) is 2.68. The molecular formula is C11H12N4O3. The summed E-state index contributed by atoms with van der Waals surface area (Å²) in [5.74, 6) is -1.29. The van der Waals surface area contributed by atoms with Gasteiger partial charge in [0.15, 0.2) is 0 Å². The molecule has 1 aliphatic rings. The van der Waals surface area contributed by atoms with E-state index in [0.717, 1.165) is 0 Å². The van der Waals surface area contributed by atoms with E-state index >= 15 is 0 Å². The topological polar surface area (TPSA) is 108 Å². The Hall–Kier alpha value is -2.20. The maximum atomic E-state index is 11.0. The second-order valence-corrected chi connectivity index (χ2v) is 4.06. The Balaban J connectivity index is 2.16. The number of carboxylic acid groups (broad SMARTS) is 1. The number of rotatable bonds is 3. The summed E-state index contributed by atoms with van der Waals surface area (Å²) in [6, 6.07) is 3.11. The number of aliphatic carboxylic acids is 1. The first-order chi connectivity index (χ1) is 8.60. The van der Waals surface area contributed by atoms with Crippen molar-refractivity contribution in [2.45, 2.75) is 13.0 Å². The molecule has 0 spiro atoms. The van der Waals surface area contributed by atoms with E-state index in [4.69, 9.17) is 15.1 Å². The zero-order chi connectivity index (χ0) is 13.1. The van der Waals surface area contributed by atoms with Crippen molar-refractivity contribution in [1.82, 2.24) is 9.97 Å². The van der Waals surface area contributed by atoms with Crippen molar-refractivity contribution in [1.29, 1.82) is 5.26 Å². The summed E-state index contributed by atoms with van der Waals surface area (Å²) in [5.41, 5.74) is 0.894. The number of nitriles is 1. The normalized spacial score (nSPS) is 22.4. The van der Waals surface area contributed by atoms with Gasteiger partial charge in [-0.15, -0.1) is 0 Å². The Bertz CT molecular complexity index is 512. The predicted octanol–water partition coefficient (Wildman–Crippen LogP) is 0.168. The standard InChI is InChI=1S/C11H12N4O3/c1-6-2-7(3-12)14-11(13-6)15-9-5-18-4-8(9)10(16)17/h2,8-9H,4-5H2,1H3,(H,16,17)(H,13,14,15). The van der Waals surface area contributed by atoms with Crippen LogP contribution in [0.25, 0.3) is 0 Å². The molecule has 1 saturated heterocycles. The van der Waals surface area contributed by atoms with Gasteiger partial charge in [-0.3, -0.25) is 4.79 Å². The van der Waals surface area contributed by atoms with Gasteiger partial charge in [0, 0.05) is 5.69 Å². The number of hydrogen-bond acceptors (Lipinski definition) is 6. The number of aryl methyl sites for hydroxylation is 1. The minimum Gasteiger partial charge on any atom is -0.481 e. The average molecular weight is 248 g/mol. The molecule has 2 N–H and O–H groups in total. The third-order valence-electron chi connectivity index (χ3n) is 2.68. The van der Waals surface area contributed by atoms with Crippen LogP contribution in [0.4, 0.5) is 5.95 Å². The number of ether oxygens (including phenoxy) is 1. The second-order valence-electron chi connectivity index (χ2n) is 4.06. The van der Waals surface area contributed by atoms with E-state index in [9.17, 15) is 4.79 Å². The number of hydrogen-bond donors (Lipinski definition) is 2. The lowest BCUT2D eigenvalue weighted by atomic mass is 10.0. The van der Waals surface area contributed by atoms with Gasteiger partial charge >= 0.3 is 5.97 Å². The molecule has 1 aliphatic heterocycles. The summed E-state index contributed by atoms with van der Waals surface area (Å²) in [5, 5.41) is 20.7. The molecule has 1 aromatic heterocycles. The van der Waals surface area contributed by atoms with Gasteiger partial charge in [0.25, 0.3) is 0 Å². The first-order valence-corrected chi connectivity index (χ1v) is 5.43. The zero-order valence-corrected chi connectivity index (χ0v) is 9.75. The SMILES string of the molecule is Cc1cc(C#N)nc(NC2COCC2C(=O)O)n1. The molecule has 2 rings (SSSR count). The van der Waals surface area contributed by atoms with Gasteiger partial charge in [0.2, 0.25) is 5.95 Å². The molecule has 0 radical (unpaired) electrons. The highest BCUT2D eigenvalue weighted by Gasteiger charge is 2.34.